The van der Waals surface area contributed by atoms with Gasteiger partial charge < -0.3 is 14.8 Å². The van der Waals surface area contributed by atoms with Gasteiger partial charge in [0, 0.05) is 37.8 Å². The third-order valence-electron chi connectivity index (χ3n) is 4.47. The highest BCUT2D eigenvalue weighted by Gasteiger charge is 2.31. The molecule has 126 valence electrons. The summed E-state index contributed by atoms with van der Waals surface area (Å²) in [7, 11) is 0. The van der Waals surface area contributed by atoms with Crippen LogP contribution < -0.4 is 14.8 Å². The largest absolute Gasteiger partial charge is 0.454 e. The number of ether oxygens (including phenoxy) is 2. The molecule has 2 atom stereocenters. The van der Waals surface area contributed by atoms with Crippen molar-refractivity contribution in [2.75, 3.05) is 33.0 Å². The van der Waals surface area contributed by atoms with Crippen LogP contribution in [0.15, 0.2) is 18.2 Å². The van der Waals surface area contributed by atoms with E-state index in [1.54, 1.807) is 0 Å². The number of piperazine rings is 1. The lowest BCUT2D eigenvalue weighted by molar-refractivity contribution is 0.123. The summed E-state index contributed by atoms with van der Waals surface area (Å²) in [5.41, 5.74) is 1.29. The lowest BCUT2D eigenvalue weighted by Gasteiger charge is -2.38. The molecule has 6 heteroatoms. The van der Waals surface area contributed by atoms with E-state index in [0.29, 0.717) is 18.8 Å². The van der Waals surface area contributed by atoms with Crippen molar-refractivity contribution in [1.29, 1.82) is 0 Å². The maximum atomic E-state index is 5.73. The standard InChI is InChI=1S/C16H24N2O2.2ClH/c1-3-12(2)15(18-9-7-17-8-10-18)13-5-4-6-14-16(13)20-11-19-14;;/h4-6,12,15,17H,3,7-11H2,1-2H3;2*1H/t12?,15-;;/m0../s1. The summed E-state index contributed by atoms with van der Waals surface area (Å²) in [6, 6.07) is 6.70. The van der Waals surface area contributed by atoms with Crippen LogP contribution in [0, 0.1) is 5.92 Å². The van der Waals surface area contributed by atoms with E-state index in [1.165, 1.54) is 12.0 Å². The van der Waals surface area contributed by atoms with Gasteiger partial charge in [-0.15, -0.1) is 24.8 Å². The minimum atomic E-state index is 0. The molecule has 4 nitrogen and oxygen atoms in total. The Balaban J connectivity index is 0.00000121. The second-order valence-electron chi connectivity index (χ2n) is 5.70. The van der Waals surface area contributed by atoms with Gasteiger partial charge in [0.05, 0.1) is 0 Å². The average Bonchev–Trinajstić information content (AvgIpc) is 2.98. The Kier molecular flexibility index (Phi) is 7.77. The van der Waals surface area contributed by atoms with E-state index in [-0.39, 0.29) is 24.8 Å². The van der Waals surface area contributed by atoms with E-state index in [2.05, 4.69) is 36.2 Å². The van der Waals surface area contributed by atoms with Crippen LogP contribution in [0.2, 0.25) is 0 Å². The highest BCUT2D eigenvalue weighted by Crippen LogP contribution is 2.43. The van der Waals surface area contributed by atoms with Crippen molar-refractivity contribution in [2.45, 2.75) is 26.3 Å². The summed E-state index contributed by atoms with van der Waals surface area (Å²) in [6.45, 7) is 9.28. The molecule has 1 aromatic carbocycles. The monoisotopic (exact) mass is 348 g/mol. The summed E-state index contributed by atoms with van der Waals surface area (Å²) in [6.07, 6.45) is 1.17. The van der Waals surface area contributed by atoms with E-state index in [0.717, 1.165) is 37.7 Å². The molecule has 0 spiro atoms. The van der Waals surface area contributed by atoms with E-state index >= 15 is 0 Å². The van der Waals surface area contributed by atoms with E-state index in [1.807, 2.05) is 6.07 Å². The summed E-state index contributed by atoms with van der Waals surface area (Å²) in [5, 5.41) is 3.43. The topological polar surface area (TPSA) is 33.7 Å². The zero-order chi connectivity index (χ0) is 13.9. The molecule has 1 saturated heterocycles. The van der Waals surface area contributed by atoms with Crippen molar-refractivity contribution < 1.29 is 9.47 Å². The first-order valence-corrected chi connectivity index (χ1v) is 7.64. The molecule has 1 unspecified atom stereocenters. The van der Waals surface area contributed by atoms with Crippen molar-refractivity contribution in [3.8, 4) is 11.5 Å². The number of fused-ring (bicyclic) bond motifs is 1. The van der Waals surface area contributed by atoms with E-state index < -0.39 is 0 Å². The average molecular weight is 349 g/mol. The normalized spacial score (nSPS) is 19.7. The first kappa shape index (κ1) is 19.4. The van der Waals surface area contributed by atoms with Gasteiger partial charge in [-0.2, -0.15) is 0 Å². The molecule has 0 saturated carbocycles. The predicted octanol–water partition coefficient (Wildman–Crippen LogP) is 3.25. The molecule has 2 aliphatic rings. The van der Waals surface area contributed by atoms with Crippen LogP contribution in [-0.4, -0.2) is 37.9 Å². The summed E-state index contributed by atoms with van der Waals surface area (Å²) >= 11 is 0. The summed E-state index contributed by atoms with van der Waals surface area (Å²) in [4.78, 5) is 2.59. The Morgan fingerprint density at radius 3 is 2.59 bits per heavy atom. The quantitative estimate of drug-likeness (QED) is 0.905. The molecule has 1 aromatic rings. The van der Waals surface area contributed by atoms with Crippen LogP contribution in [0.25, 0.3) is 0 Å². The molecule has 2 aliphatic heterocycles. The number of hydrogen-bond acceptors (Lipinski definition) is 4. The lowest BCUT2D eigenvalue weighted by Crippen LogP contribution is -2.46. The Morgan fingerprint density at radius 2 is 1.91 bits per heavy atom. The second kappa shape index (κ2) is 8.82. The Hall–Kier alpha value is -0.680. The van der Waals surface area contributed by atoms with Crippen molar-refractivity contribution >= 4 is 24.8 Å². The summed E-state index contributed by atoms with van der Waals surface area (Å²) < 4.78 is 11.3. The molecular weight excluding hydrogens is 323 g/mol. The smallest absolute Gasteiger partial charge is 0.231 e. The van der Waals surface area contributed by atoms with Crippen molar-refractivity contribution in [3.05, 3.63) is 23.8 Å². The third kappa shape index (κ3) is 3.80. The Labute approximate surface area is 145 Å². The van der Waals surface area contributed by atoms with E-state index in [4.69, 9.17) is 9.47 Å². The van der Waals surface area contributed by atoms with Crippen LogP contribution in [0.3, 0.4) is 0 Å². The van der Waals surface area contributed by atoms with Gasteiger partial charge in [0.2, 0.25) is 6.79 Å². The number of benzene rings is 1. The Bertz CT molecular complexity index is 467. The van der Waals surface area contributed by atoms with Crippen molar-refractivity contribution in [2.24, 2.45) is 5.92 Å². The molecular formula is C16H26Cl2N2O2. The van der Waals surface area contributed by atoms with Crippen molar-refractivity contribution in [3.63, 3.8) is 0 Å². The lowest BCUT2D eigenvalue weighted by atomic mass is 9.89. The van der Waals surface area contributed by atoms with Crippen LogP contribution in [0.4, 0.5) is 0 Å². The molecule has 0 aliphatic carbocycles. The molecule has 1 fully saturated rings. The number of rotatable bonds is 4. The van der Waals surface area contributed by atoms with Gasteiger partial charge in [-0.1, -0.05) is 32.4 Å². The zero-order valence-electron chi connectivity index (χ0n) is 13.2. The zero-order valence-corrected chi connectivity index (χ0v) is 14.8. The first-order valence-electron chi connectivity index (χ1n) is 7.64. The second-order valence-corrected chi connectivity index (χ2v) is 5.70. The molecule has 22 heavy (non-hydrogen) atoms. The molecule has 0 aromatic heterocycles. The van der Waals surface area contributed by atoms with Gasteiger partial charge >= 0.3 is 0 Å². The Morgan fingerprint density at radius 1 is 1.18 bits per heavy atom. The summed E-state index contributed by atoms with van der Waals surface area (Å²) in [5.74, 6) is 2.45. The van der Waals surface area contributed by atoms with Gasteiger partial charge in [0.1, 0.15) is 0 Å². The first-order chi connectivity index (χ1) is 9.81. The molecule has 0 bridgehead atoms. The number of para-hydroxylation sites is 1. The van der Waals surface area contributed by atoms with Gasteiger partial charge in [0.15, 0.2) is 11.5 Å². The molecule has 2 heterocycles. The minimum absolute atomic E-state index is 0. The third-order valence-corrected chi connectivity index (χ3v) is 4.47. The van der Waals surface area contributed by atoms with Crippen LogP contribution >= 0.6 is 24.8 Å². The van der Waals surface area contributed by atoms with Gasteiger partial charge in [0.25, 0.3) is 0 Å². The maximum absolute atomic E-state index is 5.73. The number of hydrogen-bond donors (Lipinski definition) is 1. The number of nitrogens with one attached hydrogen (secondary N) is 1. The predicted molar refractivity (Wildman–Crippen MR) is 93.7 cm³/mol. The van der Waals surface area contributed by atoms with Gasteiger partial charge in [-0.05, 0) is 12.0 Å². The van der Waals surface area contributed by atoms with Gasteiger partial charge in [-0.25, -0.2) is 0 Å². The fraction of sp³-hybridized carbons (Fsp3) is 0.625. The van der Waals surface area contributed by atoms with Gasteiger partial charge in [-0.3, -0.25) is 4.90 Å². The fourth-order valence-electron chi connectivity index (χ4n) is 3.23. The highest BCUT2D eigenvalue weighted by molar-refractivity contribution is 5.85. The molecule has 3 rings (SSSR count). The molecule has 0 amide bonds. The van der Waals surface area contributed by atoms with E-state index in [9.17, 15) is 0 Å². The molecule has 1 N–H and O–H groups in total. The number of halogens is 2. The van der Waals surface area contributed by atoms with Crippen LogP contribution in [0.5, 0.6) is 11.5 Å². The van der Waals surface area contributed by atoms with Crippen LogP contribution in [0.1, 0.15) is 31.9 Å². The fourth-order valence-corrected chi connectivity index (χ4v) is 3.23. The minimum Gasteiger partial charge on any atom is -0.454 e. The maximum Gasteiger partial charge on any atom is 0.231 e. The van der Waals surface area contributed by atoms with Crippen LogP contribution in [-0.2, 0) is 0 Å². The number of nitrogens with zero attached hydrogens (tertiary/aromatic N) is 1. The highest BCUT2D eigenvalue weighted by atomic mass is 35.5. The van der Waals surface area contributed by atoms with Crippen molar-refractivity contribution in [1.82, 2.24) is 10.2 Å². The SMILES string of the molecule is CCC(C)[C@@H](c1cccc2c1OCO2)N1CCNCC1.Cl.Cl. The molecule has 0 radical (unpaired) electrons.